The van der Waals surface area contributed by atoms with Crippen LogP contribution >= 0.6 is 12.4 Å². The van der Waals surface area contributed by atoms with Crippen LogP contribution in [0.4, 0.5) is 5.69 Å². The Bertz CT molecular complexity index is 631. The van der Waals surface area contributed by atoms with Gasteiger partial charge in [0, 0.05) is 31.2 Å². The van der Waals surface area contributed by atoms with Gasteiger partial charge < -0.3 is 16.0 Å². The fraction of sp³-hybridized carbons (Fsp3) is 0.556. The predicted octanol–water partition coefficient (Wildman–Crippen LogP) is 1.93. The van der Waals surface area contributed by atoms with Crippen LogP contribution in [0.1, 0.15) is 30.4 Å². The van der Waals surface area contributed by atoms with E-state index < -0.39 is 0 Å². The van der Waals surface area contributed by atoms with Crippen molar-refractivity contribution in [3.05, 3.63) is 29.3 Å². The molecule has 2 unspecified atom stereocenters. The smallest absolute Gasteiger partial charge is 0.227 e. The van der Waals surface area contributed by atoms with E-state index in [1.165, 1.54) is 0 Å². The maximum absolute atomic E-state index is 12.5. The molecule has 1 aromatic carbocycles. The first-order chi connectivity index (χ1) is 11.0. The van der Waals surface area contributed by atoms with Crippen LogP contribution in [0, 0.1) is 25.7 Å². The number of anilines is 1. The number of amides is 2. The first-order valence-corrected chi connectivity index (χ1v) is 8.38. The zero-order valence-corrected chi connectivity index (χ0v) is 15.1. The third kappa shape index (κ3) is 3.73. The molecule has 0 radical (unpaired) electrons. The fourth-order valence-electron chi connectivity index (χ4n) is 3.31. The monoisotopic (exact) mass is 351 g/mol. The summed E-state index contributed by atoms with van der Waals surface area (Å²) in [7, 11) is 0. The molecular weight excluding hydrogens is 326 g/mol. The van der Waals surface area contributed by atoms with Gasteiger partial charge >= 0.3 is 0 Å². The predicted molar refractivity (Wildman–Crippen MR) is 97.3 cm³/mol. The molecule has 132 valence electrons. The van der Waals surface area contributed by atoms with Crippen LogP contribution in [0.5, 0.6) is 0 Å². The first kappa shape index (κ1) is 18.7. The van der Waals surface area contributed by atoms with Crippen molar-refractivity contribution in [3.8, 4) is 0 Å². The Balaban J connectivity index is 0.00000208. The zero-order chi connectivity index (χ0) is 16.6. The van der Waals surface area contributed by atoms with Gasteiger partial charge in [-0.15, -0.1) is 12.4 Å². The van der Waals surface area contributed by atoms with Gasteiger partial charge in [-0.3, -0.25) is 9.59 Å². The molecule has 1 aliphatic carbocycles. The molecule has 1 aliphatic heterocycles. The largest absolute Gasteiger partial charge is 0.352 e. The van der Waals surface area contributed by atoms with Crippen LogP contribution in [-0.2, 0) is 9.59 Å². The van der Waals surface area contributed by atoms with Crippen molar-refractivity contribution in [2.75, 3.05) is 18.0 Å². The minimum atomic E-state index is -0.282. The van der Waals surface area contributed by atoms with Crippen molar-refractivity contribution >= 4 is 29.9 Å². The van der Waals surface area contributed by atoms with Crippen LogP contribution in [0.25, 0.3) is 0 Å². The molecule has 2 fully saturated rings. The topological polar surface area (TPSA) is 75.4 Å². The average Bonchev–Trinajstić information content (AvgIpc) is 3.30. The normalized spacial score (nSPS) is 21.4. The number of nitrogens with one attached hydrogen (secondary N) is 1. The highest BCUT2D eigenvalue weighted by atomic mass is 35.5. The molecule has 0 bridgehead atoms. The maximum atomic E-state index is 12.5. The number of hydrogen-bond acceptors (Lipinski definition) is 3. The van der Waals surface area contributed by atoms with E-state index in [2.05, 4.69) is 5.32 Å². The second kappa shape index (κ2) is 7.53. The van der Waals surface area contributed by atoms with Gasteiger partial charge in [0.25, 0.3) is 0 Å². The molecule has 1 heterocycles. The van der Waals surface area contributed by atoms with Crippen LogP contribution in [-0.4, -0.2) is 30.9 Å². The lowest BCUT2D eigenvalue weighted by Crippen LogP contribution is -2.45. The minimum absolute atomic E-state index is 0. The number of rotatable bonds is 5. The molecule has 2 amide bonds. The van der Waals surface area contributed by atoms with E-state index in [0.717, 1.165) is 29.7 Å². The molecule has 1 saturated heterocycles. The van der Waals surface area contributed by atoms with Crippen molar-refractivity contribution in [1.82, 2.24) is 5.32 Å². The molecule has 6 heteroatoms. The summed E-state index contributed by atoms with van der Waals surface area (Å²) in [5.41, 5.74) is 8.92. The quantitative estimate of drug-likeness (QED) is 0.851. The molecule has 1 aromatic rings. The van der Waals surface area contributed by atoms with Gasteiger partial charge in [0.1, 0.15) is 0 Å². The molecule has 24 heavy (non-hydrogen) atoms. The Morgan fingerprint density at radius 2 is 2.08 bits per heavy atom. The Hall–Kier alpha value is -1.59. The number of halogens is 1. The third-order valence-electron chi connectivity index (χ3n) is 5.14. The lowest BCUT2D eigenvalue weighted by molar-refractivity contribution is -0.127. The third-order valence-corrected chi connectivity index (χ3v) is 5.14. The Labute approximate surface area is 149 Å². The number of carbonyl (C=O) groups is 2. The summed E-state index contributed by atoms with van der Waals surface area (Å²) < 4.78 is 0. The van der Waals surface area contributed by atoms with Gasteiger partial charge in [0.2, 0.25) is 11.8 Å². The number of carbonyl (C=O) groups excluding carboxylic acids is 2. The number of hydrogen-bond donors (Lipinski definition) is 2. The van der Waals surface area contributed by atoms with E-state index in [9.17, 15) is 9.59 Å². The van der Waals surface area contributed by atoms with Crippen LogP contribution < -0.4 is 16.0 Å². The van der Waals surface area contributed by atoms with Gasteiger partial charge in [0.05, 0.1) is 5.92 Å². The maximum Gasteiger partial charge on any atom is 0.227 e. The highest BCUT2D eigenvalue weighted by Gasteiger charge is 2.38. The van der Waals surface area contributed by atoms with Gasteiger partial charge in [0.15, 0.2) is 0 Å². The van der Waals surface area contributed by atoms with Gasteiger partial charge in [-0.05, 0) is 49.8 Å². The summed E-state index contributed by atoms with van der Waals surface area (Å²) in [6.45, 7) is 4.97. The lowest BCUT2D eigenvalue weighted by atomic mass is 10.1. The number of nitrogens with two attached hydrogens (primary N) is 1. The summed E-state index contributed by atoms with van der Waals surface area (Å²) in [5.74, 6) is 0.231. The Kier molecular flexibility index (Phi) is 5.88. The summed E-state index contributed by atoms with van der Waals surface area (Å²) in [6.07, 6.45) is 2.56. The van der Waals surface area contributed by atoms with E-state index >= 15 is 0 Å². The first-order valence-electron chi connectivity index (χ1n) is 8.38. The Morgan fingerprint density at radius 3 is 2.71 bits per heavy atom. The fourth-order valence-corrected chi connectivity index (χ4v) is 3.31. The highest BCUT2D eigenvalue weighted by Crippen LogP contribution is 2.33. The molecule has 3 rings (SSSR count). The molecular formula is C18H26ClN3O2. The number of benzene rings is 1. The van der Waals surface area contributed by atoms with Crippen LogP contribution in [0.15, 0.2) is 18.2 Å². The molecule has 0 spiro atoms. The molecule has 5 nitrogen and oxygen atoms in total. The van der Waals surface area contributed by atoms with E-state index in [1.54, 1.807) is 4.90 Å². The summed E-state index contributed by atoms with van der Waals surface area (Å²) >= 11 is 0. The lowest BCUT2D eigenvalue weighted by Gasteiger charge is -2.21. The molecule has 2 aliphatic rings. The van der Waals surface area contributed by atoms with E-state index in [1.807, 2.05) is 32.0 Å². The van der Waals surface area contributed by atoms with Gasteiger partial charge in [-0.1, -0.05) is 12.1 Å². The highest BCUT2D eigenvalue weighted by molar-refractivity contribution is 6.01. The van der Waals surface area contributed by atoms with E-state index in [0.29, 0.717) is 19.0 Å². The second-order valence-corrected chi connectivity index (χ2v) is 6.81. The summed E-state index contributed by atoms with van der Waals surface area (Å²) in [5, 5.41) is 3.05. The average molecular weight is 352 g/mol. The second-order valence-electron chi connectivity index (χ2n) is 6.81. The van der Waals surface area contributed by atoms with Crippen molar-refractivity contribution in [3.63, 3.8) is 0 Å². The van der Waals surface area contributed by atoms with Crippen LogP contribution in [0.2, 0.25) is 0 Å². The Morgan fingerprint density at radius 1 is 1.38 bits per heavy atom. The van der Waals surface area contributed by atoms with Gasteiger partial charge in [-0.2, -0.15) is 0 Å². The summed E-state index contributed by atoms with van der Waals surface area (Å²) in [4.78, 5) is 26.6. The molecule has 2 atom stereocenters. The molecule has 1 saturated carbocycles. The van der Waals surface area contributed by atoms with E-state index in [4.69, 9.17) is 5.73 Å². The number of aryl methyl sites for hydroxylation is 1. The zero-order valence-electron chi connectivity index (χ0n) is 14.2. The van der Waals surface area contributed by atoms with Crippen LogP contribution in [0.3, 0.4) is 0 Å². The molecule has 3 N–H and O–H groups in total. The SMILES string of the molecule is Cc1cccc(N2CC(C(=O)NC(CN)C3CC3)CC2=O)c1C.Cl. The molecule has 0 aromatic heterocycles. The van der Waals surface area contributed by atoms with Gasteiger partial charge in [-0.25, -0.2) is 0 Å². The van der Waals surface area contributed by atoms with Crippen molar-refractivity contribution < 1.29 is 9.59 Å². The standard InChI is InChI=1S/C18H25N3O2.ClH/c1-11-4-3-5-16(12(11)2)21-10-14(8-17(21)22)18(23)20-15(9-19)13-6-7-13;/h3-5,13-15H,6-10,19H2,1-2H3,(H,20,23);1H. The number of nitrogens with zero attached hydrogens (tertiary/aromatic N) is 1. The van der Waals surface area contributed by atoms with Crippen molar-refractivity contribution in [2.45, 2.75) is 39.2 Å². The van der Waals surface area contributed by atoms with E-state index in [-0.39, 0.29) is 42.6 Å². The summed E-state index contributed by atoms with van der Waals surface area (Å²) in [6, 6.07) is 6.00. The minimum Gasteiger partial charge on any atom is -0.352 e. The van der Waals surface area contributed by atoms with Crippen molar-refractivity contribution in [2.24, 2.45) is 17.6 Å². The van der Waals surface area contributed by atoms with Crippen molar-refractivity contribution in [1.29, 1.82) is 0 Å².